The number of carboxylic acids is 1. The lowest BCUT2D eigenvalue weighted by molar-refractivity contribution is -0.144. The Hall–Kier alpha value is -1.26. The van der Waals surface area contributed by atoms with Crippen molar-refractivity contribution in [2.24, 2.45) is 0 Å². The summed E-state index contributed by atoms with van der Waals surface area (Å²) in [5, 5.41) is 11.7. The molecular weight excluding hydrogens is 208 g/mol. The molecule has 0 aliphatic heterocycles. The van der Waals surface area contributed by atoms with Crippen molar-refractivity contribution in [1.82, 2.24) is 10.2 Å². The molecule has 2 amide bonds. The van der Waals surface area contributed by atoms with E-state index in [9.17, 15) is 9.59 Å². The first kappa shape index (κ1) is 14.7. The highest BCUT2D eigenvalue weighted by Crippen LogP contribution is 2.13. The minimum absolute atomic E-state index is 0.316. The number of carbonyl (C=O) groups excluding carboxylic acids is 1. The van der Waals surface area contributed by atoms with E-state index in [4.69, 9.17) is 5.11 Å². The zero-order chi connectivity index (χ0) is 12.8. The SMILES string of the molecule is CCCC(C)(NC(=O)N(CC)CC)C(=O)O. The van der Waals surface area contributed by atoms with Gasteiger partial charge in [-0.05, 0) is 27.2 Å². The molecule has 0 rings (SSSR count). The Balaban J connectivity index is 4.63. The first-order chi connectivity index (χ1) is 7.41. The average Bonchev–Trinajstić information content (AvgIpc) is 2.19. The van der Waals surface area contributed by atoms with Crippen LogP contribution in [0.3, 0.4) is 0 Å². The van der Waals surface area contributed by atoms with E-state index >= 15 is 0 Å². The van der Waals surface area contributed by atoms with E-state index < -0.39 is 11.5 Å². The molecule has 94 valence electrons. The average molecular weight is 230 g/mol. The Labute approximate surface area is 96.8 Å². The van der Waals surface area contributed by atoms with Crippen molar-refractivity contribution in [1.29, 1.82) is 0 Å². The van der Waals surface area contributed by atoms with Crippen LogP contribution < -0.4 is 5.32 Å². The summed E-state index contributed by atoms with van der Waals surface area (Å²) in [5.41, 5.74) is -1.17. The highest BCUT2D eigenvalue weighted by Gasteiger charge is 2.34. The van der Waals surface area contributed by atoms with Crippen LogP contribution in [0.2, 0.25) is 0 Å². The lowest BCUT2D eigenvalue weighted by Crippen LogP contribution is -2.56. The lowest BCUT2D eigenvalue weighted by atomic mass is 9.96. The van der Waals surface area contributed by atoms with Gasteiger partial charge >= 0.3 is 12.0 Å². The van der Waals surface area contributed by atoms with E-state index in [-0.39, 0.29) is 6.03 Å². The number of amides is 2. The van der Waals surface area contributed by atoms with E-state index in [0.29, 0.717) is 25.9 Å². The maximum absolute atomic E-state index is 11.8. The van der Waals surface area contributed by atoms with Crippen molar-refractivity contribution in [2.45, 2.75) is 46.1 Å². The van der Waals surface area contributed by atoms with E-state index in [0.717, 1.165) is 0 Å². The van der Waals surface area contributed by atoms with Crippen molar-refractivity contribution in [2.75, 3.05) is 13.1 Å². The number of nitrogens with one attached hydrogen (secondary N) is 1. The first-order valence-corrected chi connectivity index (χ1v) is 5.71. The van der Waals surface area contributed by atoms with Crippen LogP contribution in [-0.2, 0) is 4.79 Å². The van der Waals surface area contributed by atoms with Crippen molar-refractivity contribution >= 4 is 12.0 Å². The molecule has 2 N–H and O–H groups in total. The van der Waals surface area contributed by atoms with Crippen LogP contribution in [-0.4, -0.2) is 40.6 Å². The fourth-order valence-corrected chi connectivity index (χ4v) is 1.55. The topological polar surface area (TPSA) is 69.6 Å². The molecule has 0 aliphatic carbocycles. The summed E-state index contributed by atoms with van der Waals surface area (Å²) in [6, 6.07) is -0.316. The first-order valence-electron chi connectivity index (χ1n) is 5.71. The van der Waals surface area contributed by atoms with E-state index in [1.165, 1.54) is 0 Å². The summed E-state index contributed by atoms with van der Waals surface area (Å²) in [4.78, 5) is 24.4. The summed E-state index contributed by atoms with van der Waals surface area (Å²) < 4.78 is 0. The number of hydrogen-bond donors (Lipinski definition) is 2. The second-order valence-electron chi connectivity index (χ2n) is 3.99. The Kier molecular flexibility index (Phi) is 5.85. The van der Waals surface area contributed by atoms with Crippen molar-refractivity contribution in [3.8, 4) is 0 Å². The number of rotatable bonds is 6. The fourth-order valence-electron chi connectivity index (χ4n) is 1.55. The number of carboxylic acid groups (broad SMARTS) is 1. The fraction of sp³-hybridized carbons (Fsp3) is 0.818. The van der Waals surface area contributed by atoms with Crippen molar-refractivity contribution < 1.29 is 14.7 Å². The molecular formula is C11H22N2O3. The molecule has 0 aromatic heterocycles. The number of nitrogens with zero attached hydrogens (tertiary/aromatic N) is 1. The van der Waals surface area contributed by atoms with Gasteiger partial charge in [0, 0.05) is 13.1 Å². The standard InChI is InChI=1S/C11H22N2O3/c1-5-8-11(4,9(14)15)12-10(16)13(6-2)7-3/h5-8H2,1-4H3,(H,12,16)(H,14,15). The maximum Gasteiger partial charge on any atom is 0.329 e. The molecule has 16 heavy (non-hydrogen) atoms. The summed E-state index contributed by atoms with van der Waals surface area (Å²) in [5.74, 6) is -0.991. The molecule has 0 saturated heterocycles. The normalized spacial score (nSPS) is 14.0. The molecule has 0 heterocycles. The second kappa shape index (κ2) is 6.35. The summed E-state index contributed by atoms with van der Waals surface area (Å²) in [6.45, 7) is 8.31. The summed E-state index contributed by atoms with van der Waals surface area (Å²) in [7, 11) is 0. The number of urea groups is 1. The van der Waals surface area contributed by atoms with E-state index in [1.807, 2.05) is 20.8 Å². The molecule has 0 saturated carbocycles. The monoisotopic (exact) mass is 230 g/mol. The quantitative estimate of drug-likeness (QED) is 0.729. The maximum atomic E-state index is 11.8. The van der Waals surface area contributed by atoms with Gasteiger partial charge in [-0.15, -0.1) is 0 Å². The molecule has 0 fully saturated rings. The molecule has 1 unspecified atom stereocenters. The van der Waals surface area contributed by atoms with Gasteiger partial charge < -0.3 is 15.3 Å². The molecule has 0 aromatic rings. The summed E-state index contributed by atoms with van der Waals surface area (Å²) >= 11 is 0. The van der Waals surface area contributed by atoms with Gasteiger partial charge in [0.25, 0.3) is 0 Å². The highest BCUT2D eigenvalue weighted by atomic mass is 16.4. The minimum Gasteiger partial charge on any atom is -0.480 e. The van der Waals surface area contributed by atoms with Gasteiger partial charge in [-0.25, -0.2) is 9.59 Å². The third-order valence-electron chi connectivity index (χ3n) is 2.66. The highest BCUT2D eigenvalue weighted by molar-refractivity contribution is 5.85. The number of hydrogen-bond acceptors (Lipinski definition) is 2. The molecule has 5 nitrogen and oxygen atoms in total. The molecule has 0 radical (unpaired) electrons. The number of aliphatic carboxylic acids is 1. The molecule has 0 aromatic carbocycles. The van der Waals surface area contributed by atoms with Gasteiger partial charge in [0.05, 0.1) is 0 Å². The minimum atomic E-state index is -1.17. The Morgan fingerprint density at radius 3 is 2.06 bits per heavy atom. The van der Waals surface area contributed by atoms with E-state index in [1.54, 1.807) is 11.8 Å². The van der Waals surface area contributed by atoms with Crippen LogP contribution in [0, 0.1) is 0 Å². The lowest BCUT2D eigenvalue weighted by Gasteiger charge is -2.29. The molecule has 1 atom stereocenters. The van der Waals surface area contributed by atoms with Crippen LogP contribution in [0.15, 0.2) is 0 Å². The van der Waals surface area contributed by atoms with Crippen LogP contribution in [0.4, 0.5) is 4.79 Å². The van der Waals surface area contributed by atoms with Crippen LogP contribution >= 0.6 is 0 Å². The molecule has 0 aliphatic rings. The van der Waals surface area contributed by atoms with Gasteiger partial charge in [0.15, 0.2) is 0 Å². The van der Waals surface area contributed by atoms with Crippen molar-refractivity contribution in [3.63, 3.8) is 0 Å². The van der Waals surface area contributed by atoms with Gasteiger partial charge in [-0.2, -0.15) is 0 Å². The van der Waals surface area contributed by atoms with Crippen LogP contribution in [0.5, 0.6) is 0 Å². The number of carbonyl (C=O) groups is 2. The predicted octanol–water partition coefficient (Wildman–Crippen LogP) is 1.68. The Morgan fingerprint density at radius 1 is 1.25 bits per heavy atom. The Morgan fingerprint density at radius 2 is 1.75 bits per heavy atom. The summed E-state index contributed by atoms with van der Waals surface area (Å²) in [6.07, 6.45) is 1.14. The second-order valence-corrected chi connectivity index (χ2v) is 3.99. The predicted molar refractivity (Wildman–Crippen MR) is 62.4 cm³/mol. The Bertz CT molecular complexity index is 252. The van der Waals surface area contributed by atoms with Crippen molar-refractivity contribution in [3.05, 3.63) is 0 Å². The molecule has 0 bridgehead atoms. The zero-order valence-electron chi connectivity index (χ0n) is 10.5. The smallest absolute Gasteiger partial charge is 0.329 e. The third-order valence-corrected chi connectivity index (χ3v) is 2.66. The molecule has 0 spiro atoms. The largest absolute Gasteiger partial charge is 0.480 e. The van der Waals surface area contributed by atoms with Gasteiger partial charge in [-0.1, -0.05) is 13.3 Å². The van der Waals surface area contributed by atoms with Gasteiger partial charge in [-0.3, -0.25) is 0 Å². The zero-order valence-corrected chi connectivity index (χ0v) is 10.5. The third kappa shape index (κ3) is 3.72. The van der Waals surface area contributed by atoms with Gasteiger partial charge in [0.2, 0.25) is 0 Å². The van der Waals surface area contributed by atoms with E-state index in [2.05, 4.69) is 5.32 Å². The van der Waals surface area contributed by atoms with Crippen LogP contribution in [0.1, 0.15) is 40.5 Å². The van der Waals surface area contributed by atoms with Gasteiger partial charge in [0.1, 0.15) is 5.54 Å². The van der Waals surface area contributed by atoms with Crippen LogP contribution in [0.25, 0.3) is 0 Å². The molecule has 5 heteroatoms.